The van der Waals surface area contributed by atoms with Crippen LogP contribution in [-0.2, 0) is 9.59 Å². The summed E-state index contributed by atoms with van der Waals surface area (Å²) in [5, 5.41) is 6.00. The normalized spacial score (nSPS) is 10.4. The van der Waals surface area contributed by atoms with Crippen molar-refractivity contribution in [2.75, 3.05) is 10.6 Å². The molecule has 0 aliphatic heterocycles. The Balaban J connectivity index is 1.89. The molecule has 0 saturated heterocycles. The zero-order chi connectivity index (χ0) is 18.4. The third kappa shape index (κ3) is 6.29. The number of ether oxygens (including phenoxy) is 1. The van der Waals surface area contributed by atoms with E-state index in [9.17, 15) is 9.59 Å². The average molecular weight is 381 g/mol. The second-order valence-electron chi connectivity index (χ2n) is 5.59. The number of carbonyl (C=O) groups excluding carboxylic acids is 2. The zero-order valence-corrected chi connectivity index (χ0v) is 15.3. The van der Waals surface area contributed by atoms with Gasteiger partial charge >= 0.3 is 0 Å². The van der Waals surface area contributed by atoms with Crippen molar-refractivity contribution in [3.05, 3.63) is 52.5 Å². The molecule has 2 aromatic carbocycles. The molecule has 0 saturated carbocycles. The van der Waals surface area contributed by atoms with Crippen LogP contribution in [0.25, 0.3) is 0 Å². The van der Waals surface area contributed by atoms with Crippen LogP contribution in [0.2, 0.25) is 10.0 Å². The standard InChI is InChI=1S/C18H18Cl2N2O3/c1-11(2)25-14-6-4-13(5-7-14)21-17(23)10-18(24)22-16-9-12(19)3-8-15(16)20/h3-9,11H,10H2,1-2H3,(H,21,23)(H,22,24). The van der Waals surface area contributed by atoms with Gasteiger partial charge in [0.1, 0.15) is 12.2 Å². The van der Waals surface area contributed by atoms with Crippen LogP contribution in [0.5, 0.6) is 5.75 Å². The van der Waals surface area contributed by atoms with Crippen molar-refractivity contribution in [3.63, 3.8) is 0 Å². The van der Waals surface area contributed by atoms with Crippen LogP contribution >= 0.6 is 23.2 Å². The molecule has 2 amide bonds. The van der Waals surface area contributed by atoms with Gasteiger partial charge in [-0.25, -0.2) is 0 Å². The smallest absolute Gasteiger partial charge is 0.233 e. The maximum absolute atomic E-state index is 12.0. The number of benzene rings is 2. The Kier molecular flexibility index (Phi) is 6.67. The number of halogens is 2. The lowest BCUT2D eigenvalue weighted by Gasteiger charge is -2.11. The van der Waals surface area contributed by atoms with Crippen molar-refractivity contribution in [1.82, 2.24) is 0 Å². The van der Waals surface area contributed by atoms with Crippen LogP contribution in [0.1, 0.15) is 20.3 Å². The second-order valence-corrected chi connectivity index (χ2v) is 6.43. The molecule has 7 heteroatoms. The van der Waals surface area contributed by atoms with Gasteiger partial charge < -0.3 is 15.4 Å². The molecular formula is C18H18Cl2N2O3. The Morgan fingerprint density at radius 3 is 2.28 bits per heavy atom. The maximum atomic E-state index is 12.0. The summed E-state index contributed by atoms with van der Waals surface area (Å²) in [4.78, 5) is 23.9. The Hall–Kier alpha value is -2.24. The zero-order valence-electron chi connectivity index (χ0n) is 13.8. The predicted octanol–water partition coefficient (Wildman–Crippen LogP) is 4.75. The first-order valence-corrected chi connectivity index (χ1v) is 8.40. The molecule has 0 fully saturated rings. The molecule has 0 aliphatic rings. The SMILES string of the molecule is CC(C)Oc1ccc(NC(=O)CC(=O)Nc2cc(Cl)ccc2Cl)cc1. The van der Waals surface area contributed by atoms with E-state index in [1.54, 1.807) is 36.4 Å². The van der Waals surface area contributed by atoms with Gasteiger partial charge in [0.05, 0.1) is 16.8 Å². The van der Waals surface area contributed by atoms with E-state index in [4.69, 9.17) is 27.9 Å². The fourth-order valence-electron chi connectivity index (χ4n) is 2.03. The van der Waals surface area contributed by atoms with Gasteiger partial charge in [0.25, 0.3) is 0 Å². The number of amides is 2. The molecule has 0 aliphatic carbocycles. The van der Waals surface area contributed by atoms with Crippen LogP contribution in [0.15, 0.2) is 42.5 Å². The molecular weight excluding hydrogens is 363 g/mol. The number of hydrogen-bond donors (Lipinski definition) is 2. The van der Waals surface area contributed by atoms with E-state index in [0.29, 0.717) is 27.2 Å². The first-order chi connectivity index (χ1) is 11.8. The summed E-state index contributed by atoms with van der Waals surface area (Å²) in [6, 6.07) is 11.6. The number of hydrogen-bond acceptors (Lipinski definition) is 3. The molecule has 0 radical (unpaired) electrons. The van der Waals surface area contributed by atoms with Crippen LogP contribution in [0.3, 0.4) is 0 Å². The summed E-state index contributed by atoms with van der Waals surface area (Å²) in [5.41, 5.74) is 0.942. The van der Waals surface area contributed by atoms with Gasteiger partial charge in [-0.3, -0.25) is 9.59 Å². The molecule has 0 heterocycles. The summed E-state index contributed by atoms with van der Waals surface area (Å²) in [6.45, 7) is 3.86. The quantitative estimate of drug-likeness (QED) is 0.710. The van der Waals surface area contributed by atoms with Crippen molar-refractivity contribution in [2.24, 2.45) is 0 Å². The first-order valence-electron chi connectivity index (χ1n) is 7.65. The van der Waals surface area contributed by atoms with Gasteiger partial charge in [0.2, 0.25) is 11.8 Å². The van der Waals surface area contributed by atoms with Gasteiger partial charge in [0.15, 0.2) is 0 Å². The highest BCUT2D eigenvalue weighted by Gasteiger charge is 2.12. The Labute approximate surface area is 156 Å². The van der Waals surface area contributed by atoms with Gasteiger partial charge in [-0.05, 0) is 56.3 Å². The highest BCUT2D eigenvalue weighted by atomic mass is 35.5. The highest BCUT2D eigenvalue weighted by Crippen LogP contribution is 2.25. The molecule has 0 aromatic heterocycles. The predicted molar refractivity (Wildman–Crippen MR) is 101 cm³/mol. The lowest BCUT2D eigenvalue weighted by molar-refractivity contribution is -0.123. The van der Waals surface area contributed by atoms with E-state index < -0.39 is 11.8 Å². The summed E-state index contributed by atoms with van der Waals surface area (Å²) < 4.78 is 5.53. The molecule has 0 bridgehead atoms. The number of nitrogens with one attached hydrogen (secondary N) is 2. The number of carbonyl (C=O) groups is 2. The molecule has 0 spiro atoms. The Bertz CT molecular complexity index is 761. The van der Waals surface area contributed by atoms with Crippen molar-refractivity contribution in [1.29, 1.82) is 0 Å². The maximum Gasteiger partial charge on any atom is 0.233 e. The highest BCUT2D eigenvalue weighted by molar-refractivity contribution is 6.35. The summed E-state index contributed by atoms with van der Waals surface area (Å²) in [6.07, 6.45) is -0.268. The van der Waals surface area contributed by atoms with Crippen molar-refractivity contribution in [2.45, 2.75) is 26.4 Å². The molecule has 5 nitrogen and oxygen atoms in total. The molecule has 132 valence electrons. The molecule has 0 unspecified atom stereocenters. The van der Waals surface area contributed by atoms with Crippen molar-refractivity contribution in [3.8, 4) is 5.75 Å². The van der Waals surface area contributed by atoms with E-state index in [1.165, 1.54) is 6.07 Å². The minimum Gasteiger partial charge on any atom is -0.491 e. The summed E-state index contributed by atoms with van der Waals surface area (Å²) in [7, 11) is 0. The van der Waals surface area contributed by atoms with E-state index in [2.05, 4.69) is 10.6 Å². The van der Waals surface area contributed by atoms with Crippen LogP contribution in [0, 0.1) is 0 Å². The van der Waals surface area contributed by atoms with Crippen LogP contribution in [-0.4, -0.2) is 17.9 Å². The average Bonchev–Trinajstić information content (AvgIpc) is 2.52. The minimum atomic E-state index is -0.485. The molecule has 2 aromatic rings. The van der Waals surface area contributed by atoms with E-state index in [0.717, 1.165) is 0 Å². The van der Waals surface area contributed by atoms with Gasteiger partial charge in [-0.1, -0.05) is 23.2 Å². The Morgan fingerprint density at radius 2 is 1.64 bits per heavy atom. The molecule has 0 atom stereocenters. The van der Waals surface area contributed by atoms with Crippen LogP contribution in [0.4, 0.5) is 11.4 Å². The fraction of sp³-hybridized carbons (Fsp3) is 0.222. The van der Waals surface area contributed by atoms with Crippen LogP contribution < -0.4 is 15.4 Å². The third-order valence-electron chi connectivity index (χ3n) is 3.03. The minimum absolute atomic E-state index is 0.0717. The van der Waals surface area contributed by atoms with Gasteiger partial charge in [-0.15, -0.1) is 0 Å². The van der Waals surface area contributed by atoms with E-state index in [1.807, 2.05) is 13.8 Å². The summed E-state index contributed by atoms with van der Waals surface area (Å²) in [5.74, 6) is -0.212. The third-order valence-corrected chi connectivity index (χ3v) is 3.60. The summed E-state index contributed by atoms with van der Waals surface area (Å²) >= 11 is 11.8. The van der Waals surface area contributed by atoms with E-state index >= 15 is 0 Å². The van der Waals surface area contributed by atoms with Gasteiger partial charge in [0, 0.05) is 10.7 Å². The fourth-order valence-corrected chi connectivity index (χ4v) is 2.36. The molecule has 2 N–H and O–H groups in total. The van der Waals surface area contributed by atoms with Gasteiger partial charge in [-0.2, -0.15) is 0 Å². The molecule has 2 rings (SSSR count). The number of anilines is 2. The number of rotatable bonds is 6. The lowest BCUT2D eigenvalue weighted by atomic mass is 10.2. The first kappa shape index (κ1) is 19.1. The lowest BCUT2D eigenvalue weighted by Crippen LogP contribution is -2.21. The largest absolute Gasteiger partial charge is 0.491 e. The Morgan fingerprint density at radius 1 is 1.00 bits per heavy atom. The topological polar surface area (TPSA) is 67.4 Å². The van der Waals surface area contributed by atoms with E-state index in [-0.39, 0.29) is 12.5 Å². The monoisotopic (exact) mass is 380 g/mol. The van der Waals surface area contributed by atoms with Crippen molar-refractivity contribution >= 4 is 46.4 Å². The second kappa shape index (κ2) is 8.74. The molecule has 25 heavy (non-hydrogen) atoms. The van der Waals surface area contributed by atoms with Crippen molar-refractivity contribution < 1.29 is 14.3 Å².